The largest absolute Gasteiger partial charge is 0.294 e. The van der Waals surface area contributed by atoms with Crippen LogP contribution in [0.15, 0.2) is 96.0 Å². The van der Waals surface area contributed by atoms with E-state index < -0.39 is 10.1 Å². The van der Waals surface area contributed by atoms with E-state index in [4.69, 9.17) is 4.55 Å². The molecule has 0 atom stereocenters. The van der Waals surface area contributed by atoms with Crippen molar-refractivity contribution in [3.05, 3.63) is 96.7 Å². The van der Waals surface area contributed by atoms with Crippen molar-refractivity contribution in [2.75, 3.05) is 0 Å². The summed E-state index contributed by atoms with van der Waals surface area (Å²) >= 11 is 0. The third-order valence-electron chi connectivity index (χ3n) is 5.13. The summed E-state index contributed by atoms with van der Waals surface area (Å²) in [6.07, 6.45) is 2.09. The SMILES string of the molecule is C[n+]1cccc2cc3cc4ccccc4cc3cc21.Cc1ccc(S(=O)(=O)O)cc1. The maximum Gasteiger partial charge on any atom is 0.294 e. The first-order valence-corrected chi connectivity index (χ1v) is 11.0. The second-order valence-electron chi connectivity index (χ2n) is 7.36. The van der Waals surface area contributed by atoms with E-state index in [-0.39, 0.29) is 4.90 Å². The summed E-state index contributed by atoms with van der Waals surface area (Å²) in [5, 5.41) is 6.49. The van der Waals surface area contributed by atoms with Gasteiger partial charge in [0.15, 0.2) is 6.20 Å². The van der Waals surface area contributed by atoms with Crippen LogP contribution in [0, 0.1) is 6.92 Å². The lowest BCUT2D eigenvalue weighted by atomic mass is 10.0. The highest BCUT2D eigenvalue weighted by Gasteiger charge is 2.07. The van der Waals surface area contributed by atoms with Crippen molar-refractivity contribution in [1.29, 1.82) is 0 Å². The molecule has 0 fully saturated rings. The molecule has 1 aromatic heterocycles. The number of aromatic nitrogens is 1. The molecule has 0 aliphatic heterocycles. The smallest absolute Gasteiger partial charge is 0.282 e. The van der Waals surface area contributed by atoms with Crippen LogP contribution in [0.4, 0.5) is 0 Å². The van der Waals surface area contributed by atoms with Crippen molar-refractivity contribution in [1.82, 2.24) is 0 Å². The normalized spacial score (nSPS) is 11.4. The molecule has 0 spiro atoms. The standard InChI is InChI=1S/C18H14N.C7H8O3S/c1-19-8-4-7-15-11-16-9-13-5-2-3-6-14(13)10-17(16)12-18(15)19;1-6-2-4-7(5-3-6)11(8,9)10/h2-12H,1H3;2-5H,1H3,(H,8,9,10)/q+1;. The van der Waals surface area contributed by atoms with Crippen LogP contribution >= 0.6 is 0 Å². The Labute approximate surface area is 175 Å². The van der Waals surface area contributed by atoms with Gasteiger partial charge in [0, 0.05) is 17.5 Å². The molecule has 1 heterocycles. The van der Waals surface area contributed by atoms with Crippen LogP contribution in [0.3, 0.4) is 0 Å². The van der Waals surface area contributed by atoms with Gasteiger partial charge >= 0.3 is 0 Å². The molecule has 5 heteroatoms. The Balaban J connectivity index is 0.000000170. The summed E-state index contributed by atoms with van der Waals surface area (Å²) in [7, 11) is -1.93. The first-order chi connectivity index (χ1) is 14.3. The van der Waals surface area contributed by atoms with E-state index in [1.54, 1.807) is 12.1 Å². The highest BCUT2D eigenvalue weighted by atomic mass is 32.2. The zero-order valence-corrected chi connectivity index (χ0v) is 17.6. The summed E-state index contributed by atoms with van der Waals surface area (Å²) in [6, 6.07) is 27.9. The van der Waals surface area contributed by atoms with Gasteiger partial charge in [-0.1, -0.05) is 42.0 Å². The Morgan fingerprint density at radius 1 is 0.700 bits per heavy atom. The molecule has 0 bridgehead atoms. The summed E-state index contributed by atoms with van der Waals surface area (Å²) in [5.41, 5.74) is 2.22. The van der Waals surface area contributed by atoms with Gasteiger partial charge in [-0.3, -0.25) is 4.55 Å². The third kappa shape index (κ3) is 4.17. The number of hydrogen-bond donors (Lipinski definition) is 1. The Kier molecular flexibility index (Phi) is 5.24. The minimum Gasteiger partial charge on any atom is -0.282 e. The molecule has 0 radical (unpaired) electrons. The molecule has 0 amide bonds. The van der Waals surface area contributed by atoms with Gasteiger partial charge in [-0.25, -0.2) is 4.57 Å². The minimum absolute atomic E-state index is 0.0666. The zero-order valence-electron chi connectivity index (χ0n) is 16.8. The molecule has 0 aliphatic carbocycles. The highest BCUT2D eigenvalue weighted by Crippen LogP contribution is 2.25. The average Bonchev–Trinajstić information content (AvgIpc) is 2.71. The Morgan fingerprint density at radius 3 is 1.83 bits per heavy atom. The van der Waals surface area contributed by atoms with Crippen LogP contribution in [0.1, 0.15) is 5.56 Å². The van der Waals surface area contributed by atoms with E-state index in [1.165, 1.54) is 44.6 Å². The molecule has 30 heavy (non-hydrogen) atoms. The average molecular weight is 417 g/mol. The van der Waals surface area contributed by atoms with E-state index in [0.29, 0.717) is 0 Å². The maximum absolute atomic E-state index is 10.5. The fourth-order valence-electron chi connectivity index (χ4n) is 3.50. The van der Waals surface area contributed by atoms with E-state index >= 15 is 0 Å². The second kappa shape index (κ2) is 7.86. The van der Waals surface area contributed by atoms with Crippen LogP contribution in [-0.2, 0) is 17.2 Å². The summed E-state index contributed by atoms with van der Waals surface area (Å²) < 4.78 is 31.7. The quantitative estimate of drug-likeness (QED) is 0.232. The van der Waals surface area contributed by atoms with Crippen molar-refractivity contribution in [2.45, 2.75) is 11.8 Å². The number of aryl methyl sites for hydroxylation is 2. The highest BCUT2D eigenvalue weighted by molar-refractivity contribution is 7.85. The predicted octanol–water partition coefficient (Wildman–Crippen LogP) is 5.21. The van der Waals surface area contributed by atoms with Crippen LogP contribution in [-0.4, -0.2) is 13.0 Å². The minimum atomic E-state index is -4.02. The van der Waals surface area contributed by atoms with Gasteiger partial charge in [0.2, 0.25) is 5.52 Å². The summed E-state index contributed by atoms with van der Waals surface area (Å²) in [6.45, 7) is 1.84. The molecule has 4 aromatic carbocycles. The van der Waals surface area contributed by atoms with E-state index in [0.717, 1.165) is 5.56 Å². The molecule has 150 valence electrons. The number of rotatable bonds is 1. The summed E-state index contributed by atoms with van der Waals surface area (Å²) in [5.74, 6) is 0. The van der Waals surface area contributed by atoms with Crippen molar-refractivity contribution in [3.63, 3.8) is 0 Å². The number of benzene rings is 4. The van der Waals surface area contributed by atoms with Crippen LogP contribution < -0.4 is 4.57 Å². The van der Waals surface area contributed by atoms with E-state index in [1.807, 2.05) is 6.92 Å². The Hall–Kier alpha value is -3.28. The first kappa shape index (κ1) is 20.0. The Bertz CT molecular complexity index is 1470. The van der Waals surface area contributed by atoms with Crippen molar-refractivity contribution in [2.24, 2.45) is 7.05 Å². The molecule has 0 aliphatic rings. The third-order valence-corrected chi connectivity index (χ3v) is 6.00. The predicted molar refractivity (Wildman–Crippen MR) is 121 cm³/mol. The topological polar surface area (TPSA) is 58.2 Å². The molecular formula is C25H22NO3S+. The van der Waals surface area contributed by atoms with Crippen LogP contribution in [0.2, 0.25) is 0 Å². The van der Waals surface area contributed by atoms with Gasteiger partial charge in [0.05, 0.1) is 4.90 Å². The molecule has 5 aromatic rings. The summed E-state index contributed by atoms with van der Waals surface area (Å²) in [4.78, 5) is -0.0666. The number of pyridine rings is 1. The molecule has 0 saturated heterocycles. The lowest BCUT2D eigenvalue weighted by Crippen LogP contribution is -2.27. The van der Waals surface area contributed by atoms with E-state index in [9.17, 15) is 8.42 Å². The first-order valence-electron chi connectivity index (χ1n) is 9.56. The van der Waals surface area contributed by atoms with Crippen LogP contribution in [0.25, 0.3) is 32.4 Å². The number of fused-ring (bicyclic) bond motifs is 3. The van der Waals surface area contributed by atoms with Gasteiger partial charge in [0.25, 0.3) is 10.1 Å². The number of nitrogens with zero attached hydrogens (tertiary/aromatic N) is 1. The van der Waals surface area contributed by atoms with Crippen LogP contribution in [0.5, 0.6) is 0 Å². The van der Waals surface area contributed by atoms with Gasteiger partial charge in [-0.2, -0.15) is 8.42 Å². The fourth-order valence-corrected chi connectivity index (χ4v) is 3.98. The monoisotopic (exact) mass is 416 g/mol. The molecule has 0 saturated carbocycles. The van der Waals surface area contributed by atoms with Gasteiger partial charge < -0.3 is 0 Å². The van der Waals surface area contributed by atoms with Crippen molar-refractivity contribution < 1.29 is 17.5 Å². The molecule has 0 unspecified atom stereocenters. The fraction of sp³-hybridized carbons (Fsp3) is 0.0800. The molecule has 1 N–H and O–H groups in total. The molecule has 4 nitrogen and oxygen atoms in total. The number of hydrogen-bond acceptors (Lipinski definition) is 2. The van der Waals surface area contributed by atoms with Crippen molar-refractivity contribution in [3.8, 4) is 0 Å². The lowest BCUT2D eigenvalue weighted by Gasteiger charge is -2.04. The lowest BCUT2D eigenvalue weighted by molar-refractivity contribution is -0.644. The maximum atomic E-state index is 10.5. The second-order valence-corrected chi connectivity index (χ2v) is 8.79. The van der Waals surface area contributed by atoms with Gasteiger partial charge in [0.1, 0.15) is 7.05 Å². The molecular weight excluding hydrogens is 394 g/mol. The van der Waals surface area contributed by atoms with Crippen molar-refractivity contribution >= 4 is 42.6 Å². The molecule has 5 rings (SSSR count). The Morgan fingerprint density at radius 2 is 1.23 bits per heavy atom. The van der Waals surface area contributed by atoms with Gasteiger partial charge in [-0.05, 0) is 64.9 Å². The van der Waals surface area contributed by atoms with Gasteiger partial charge in [-0.15, -0.1) is 0 Å². The van der Waals surface area contributed by atoms with E-state index in [2.05, 4.69) is 78.5 Å². The zero-order chi connectivity index (χ0) is 21.3.